The monoisotopic (exact) mass is 447 g/mol. The van der Waals surface area contributed by atoms with Crippen molar-refractivity contribution in [1.29, 1.82) is 0 Å². The van der Waals surface area contributed by atoms with E-state index in [1.54, 1.807) is 12.4 Å². The molecule has 2 aromatic rings. The van der Waals surface area contributed by atoms with Gasteiger partial charge in [-0.2, -0.15) is 0 Å². The Kier molecular flexibility index (Phi) is 5.41. The molecular formula is C21H26ClN5O2S. The van der Waals surface area contributed by atoms with Gasteiger partial charge in [-0.15, -0.1) is 0 Å². The summed E-state index contributed by atoms with van der Waals surface area (Å²) >= 11 is 5.91. The number of fused-ring (bicyclic) bond motifs is 1. The van der Waals surface area contributed by atoms with E-state index in [-0.39, 0.29) is 12.1 Å². The fourth-order valence-electron chi connectivity index (χ4n) is 4.64. The van der Waals surface area contributed by atoms with Gasteiger partial charge in [0.15, 0.2) is 0 Å². The molecule has 3 aliphatic rings. The minimum Gasteiger partial charge on any atom is -0.394 e. The maximum absolute atomic E-state index is 12.6. The van der Waals surface area contributed by atoms with Crippen LogP contribution < -0.4 is 10.2 Å². The molecule has 0 spiro atoms. The normalized spacial score (nSPS) is 23.1. The molecule has 1 aliphatic carbocycles. The van der Waals surface area contributed by atoms with Gasteiger partial charge in [0.1, 0.15) is 17.5 Å². The highest BCUT2D eigenvalue weighted by Gasteiger charge is 2.38. The molecule has 1 atom stereocenters. The van der Waals surface area contributed by atoms with Crippen molar-refractivity contribution in [3.8, 4) is 0 Å². The number of nitrogens with zero attached hydrogens (tertiary/aromatic N) is 4. The summed E-state index contributed by atoms with van der Waals surface area (Å²) in [5.74, 6) is 3.46. The number of aromatic nitrogens is 3. The first-order valence-electron chi connectivity index (χ1n) is 10.6. The lowest BCUT2D eigenvalue weighted by atomic mass is 9.77. The van der Waals surface area contributed by atoms with Crippen LogP contribution in [0, 0.1) is 0 Å². The fraction of sp³-hybridized carbons (Fsp3) is 0.571. The molecule has 0 bridgehead atoms. The largest absolute Gasteiger partial charge is 0.394 e. The van der Waals surface area contributed by atoms with Crippen molar-refractivity contribution in [1.82, 2.24) is 15.0 Å². The zero-order valence-corrected chi connectivity index (χ0v) is 18.4. The minimum atomic E-state index is -1.02. The topological polar surface area (TPSA) is 91.2 Å². The first-order valence-corrected chi connectivity index (χ1v) is 12.3. The van der Waals surface area contributed by atoms with Gasteiger partial charge in [-0.05, 0) is 50.2 Å². The molecule has 4 heterocycles. The Morgan fingerprint density at radius 2 is 2.00 bits per heavy atom. The van der Waals surface area contributed by atoms with Crippen molar-refractivity contribution in [3.63, 3.8) is 0 Å². The number of halogens is 1. The molecule has 2 N–H and O–H groups in total. The van der Waals surface area contributed by atoms with Crippen LogP contribution in [0.4, 0.5) is 11.6 Å². The molecule has 7 nitrogen and oxygen atoms in total. The lowest BCUT2D eigenvalue weighted by Gasteiger charge is -2.42. The van der Waals surface area contributed by atoms with E-state index in [1.807, 2.05) is 0 Å². The van der Waals surface area contributed by atoms with Gasteiger partial charge in [-0.1, -0.05) is 11.6 Å². The number of pyridine rings is 1. The third kappa shape index (κ3) is 3.69. The molecule has 2 aromatic heterocycles. The molecule has 1 saturated carbocycles. The molecule has 0 radical (unpaired) electrons. The summed E-state index contributed by atoms with van der Waals surface area (Å²) in [5.41, 5.74) is 0.807. The summed E-state index contributed by atoms with van der Waals surface area (Å²) in [6.07, 6.45) is 8.98. The van der Waals surface area contributed by atoms with E-state index in [0.29, 0.717) is 22.5 Å². The van der Waals surface area contributed by atoms with E-state index in [4.69, 9.17) is 16.6 Å². The molecule has 160 valence electrons. The predicted molar refractivity (Wildman–Crippen MR) is 118 cm³/mol. The molecule has 0 unspecified atom stereocenters. The van der Waals surface area contributed by atoms with Gasteiger partial charge < -0.3 is 15.3 Å². The van der Waals surface area contributed by atoms with Crippen LogP contribution >= 0.6 is 11.6 Å². The Hall–Kier alpha value is -1.77. The Balaban J connectivity index is 1.37. The fourth-order valence-corrected chi connectivity index (χ4v) is 6.11. The molecular weight excluding hydrogens is 422 g/mol. The highest BCUT2D eigenvalue weighted by molar-refractivity contribution is 7.85. The SMILES string of the molecule is O=[S@]1CCc2cc(N3CCC(c4ncc(Cl)cn4)CC3)nc(NC3(CO)CCC3)c21. The lowest BCUT2D eigenvalue weighted by Crippen LogP contribution is -2.48. The highest BCUT2D eigenvalue weighted by Crippen LogP contribution is 2.39. The van der Waals surface area contributed by atoms with E-state index >= 15 is 0 Å². The number of anilines is 2. The summed E-state index contributed by atoms with van der Waals surface area (Å²) in [6.45, 7) is 1.82. The van der Waals surface area contributed by atoms with Gasteiger partial charge in [-0.25, -0.2) is 15.0 Å². The smallest absolute Gasteiger partial charge is 0.145 e. The van der Waals surface area contributed by atoms with Crippen LogP contribution in [0.1, 0.15) is 49.4 Å². The highest BCUT2D eigenvalue weighted by atomic mass is 35.5. The Bertz CT molecular complexity index is 953. The second-order valence-electron chi connectivity index (χ2n) is 8.55. The molecule has 1 saturated heterocycles. The molecule has 2 fully saturated rings. The minimum absolute atomic E-state index is 0.0762. The molecule has 0 amide bonds. The van der Waals surface area contributed by atoms with E-state index in [2.05, 4.69) is 26.3 Å². The average molecular weight is 448 g/mol. The number of hydrogen-bond donors (Lipinski definition) is 2. The van der Waals surface area contributed by atoms with Gasteiger partial charge in [-0.3, -0.25) is 4.21 Å². The Labute approximate surface area is 183 Å². The van der Waals surface area contributed by atoms with Crippen LogP contribution in [0.15, 0.2) is 23.4 Å². The van der Waals surface area contributed by atoms with Crippen molar-refractivity contribution >= 4 is 34.0 Å². The lowest BCUT2D eigenvalue weighted by molar-refractivity contribution is 0.143. The van der Waals surface area contributed by atoms with Gasteiger partial charge in [0.25, 0.3) is 0 Å². The summed E-state index contributed by atoms with van der Waals surface area (Å²) in [6, 6.07) is 2.11. The summed E-state index contributed by atoms with van der Waals surface area (Å²) in [7, 11) is -1.02. The number of rotatable bonds is 5. The zero-order valence-electron chi connectivity index (χ0n) is 16.8. The van der Waals surface area contributed by atoms with E-state index < -0.39 is 10.8 Å². The number of aliphatic hydroxyl groups is 1. The summed E-state index contributed by atoms with van der Waals surface area (Å²) < 4.78 is 12.6. The van der Waals surface area contributed by atoms with Crippen LogP contribution in [0.5, 0.6) is 0 Å². The van der Waals surface area contributed by atoms with E-state index in [9.17, 15) is 9.32 Å². The quantitative estimate of drug-likeness (QED) is 0.728. The van der Waals surface area contributed by atoms with Crippen molar-refractivity contribution in [3.05, 3.63) is 34.9 Å². The maximum Gasteiger partial charge on any atom is 0.145 e. The Morgan fingerprint density at radius 1 is 1.27 bits per heavy atom. The van der Waals surface area contributed by atoms with Crippen molar-refractivity contribution in [2.45, 2.75) is 54.9 Å². The van der Waals surface area contributed by atoms with Gasteiger partial charge in [0.2, 0.25) is 0 Å². The zero-order chi connectivity index (χ0) is 20.7. The van der Waals surface area contributed by atoms with Gasteiger partial charge in [0.05, 0.1) is 32.9 Å². The molecule has 9 heteroatoms. The number of aryl methyl sites for hydroxylation is 1. The van der Waals surface area contributed by atoms with Crippen molar-refractivity contribution in [2.75, 3.05) is 35.7 Å². The average Bonchev–Trinajstić information content (AvgIpc) is 3.12. The predicted octanol–water partition coefficient (Wildman–Crippen LogP) is 2.90. The first-order chi connectivity index (χ1) is 14.6. The van der Waals surface area contributed by atoms with E-state index in [0.717, 1.165) is 73.7 Å². The first kappa shape index (κ1) is 20.2. The van der Waals surface area contributed by atoms with Crippen LogP contribution in [-0.2, 0) is 17.2 Å². The maximum atomic E-state index is 12.6. The molecule has 2 aliphatic heterocycles. The standard InChI is InChI=1S/C21H26ClN5O2S/c22-16-11-23-19(24-12-16)14-2-7-27(8-3-14)17-10-15-4-9-30(29)18(15)20(25-17)26-21(13-28)5-1-6-21/h10-12,14,28H,1-9,13H2,(H,25,26)/t30-/m0/s1. The second kappa shape index (κ2) is 8.05. The van der Waals surface area contributed by atoms with Gasteiger partial charge >= 0.3 is 0 Å². The van der Waals surface area contributed by atoms with Crippen molar-refractivity contribution < 1.29 is 9.32 Å². The number of hydrogen-bond acceptors (Lipinski definition) is 7. The molecule has 5 rings (SSSR count). The molecule has 30 heavy (non-hydrogen) atoms. The number of piperidine rings is 1. The van der Waals surface area contributed by atoms with Gasteiger partial charge in [0, 0.05) is 37.2 Å². The third-order valence-corrected chi connectivity index (χ3v) is 8.32. The number of aliphatic hydroxyl groups excluding tert-OH is 1. The van der Waals surface area contributed by atoms with Crippen LogP contribution in [0.2, 0.25) is 5.02 Å². The van der Waals surface area contributed by atoms with Crippen molar-refractivity contribution in [2.24, 2.45) is 0 Å². The third-order valence-electron chi connectivity index (χ3n) is 6.64. The Morgan fingerprint density at radius 3 is 2.63 bits per heavy atom. The van der Waals surface area contributed by atoms with Crippen LogP contribution in [0.25, 0.3) is 0 Å². The number of nitrogens with one attached hydrogen (secondary N) is 1. The second-order valence-corrected chi connectivity index (χ2v) is 10.5. The van der Waals surface area contributed by atoms with Crippen LogP contribution in [-0.4, -0.2) is 55.3 Å². The summed E-state index contributed by atoms with van der Waals surface area (Å²) in [5, 5.41) is 13.9. The van der Waals surface area contributed by atoms with Crippen LogP contribution in [0.3, 0.4) is 0 Å². The van der Waals surface area contributed by atoms with E-state index in [1.165, 1.54) is 0 Å². The molecule has 0 aromatic carbocycles. The summed E-state index contributed by atoms with van der Waals surface area (Å²) in [4.78, 5) is 16.8.